The van der Waals surface area contributed by atoms with E-state index in [2.05, 4.69) is 43.4 Å². The zero-order valence-corrected chi connectivity index (χ0v) is 10.4. The molecule has 0 bridgehead atoms. The summed E-state index contributed by atoms with van der Waals surface area (Å²) in [5, 5.41) is 3.39. The summed E-state index contributed by atoms with van der Waals surface area (Å²) in [6, 6.07) is 9.03. The number of rotatable bonds is 3. The standard InChI is InChI=1S/C14H21NO/c1-10(2)13(15-3)14-12-7-5-4-6-11(12)8-9-16-14/h4-7,10,13-15H,8-9H2,1-3H3. The quantitative estimate of drug-likeness (QED) is 0.843. The number of benzene rings is 1. The van der Waals surface area contributed by atoms with Crippen molar-refractivity contribution < 1.29 is 4.74 Å². The molecule has 1 aromatic carbocycles. The third-order valence-corrected chi connectivity index (χ3v) is 3.41. The number of hydrogen-bond donors (Lipinski definition) is 1. The first-order valence-electron chi connectivity index (χ1n) is 6.10. The van der Waals surface area contributed by atoms with Gasteiger partial charge in [-0.2, -0.15) is 0 Å². The molecular weight excluding hydrogens is 198 g/mol. The van der Waals surface area contributed by atoms with Crippen molar-refractivity contribution >= 4 is 0 Å². The van der Waals surface area contributed by atoms with Crippen LogP contribution in [0.15, 0.2) is 24.3 Å². The van der Waals surface area contributed by atoms with E-state index < -0.39 is 0 Å². The third kappa shape index (κ3) is 2.13. The smallest absolute Gasteiger partial charge is 0.0982 e. The van der Waals surface area contributed by atoms with E-state index in [0.717, 1.165) is 13.0 Å². The molecule has 0 amide bonds. The van der Waals surface area contributed by atoms with Crippen LogP contribution in [0.4, 0.5) is 0 Å². The molecule has 0 saturated carbocycles. The van der Waals surface area contributed by atoms with E-state index in [1.807, 2.05) is 7.05 Å². The minimum absolute atomic E-state index is 0.204. The van der Waals surface area contributed by atoms with Gasteiger partial charge in [0, 0.05) is 6.04 Å². The Morgan fingerprint density at radius 2 is 2.06 bits per heavy atom. The first-order valence-corrected chi connectivity index (χ1v) is 6.10. The van der Waals surface area contributed by atoms with E-state index in [1.165, 1.54) is 11.1 Å². The summed E-state index contributed by atoms with van der Waals surface area (Å²) in [7, 11) is 2.02. The molecular formula is C14H21NO. The van der Waals surface area contributed by atoms with Gasteiger partial charge in [0.15, 0.2) is 0 Å². The number of hydrogen-bond acceptors (Lipinski definition) is 2. The lowest BCUT2D eigenvalue weighted by molar-refractivity contribution is 0.00580. The van der Waals surface area contributed by atoms with Crippen LogP contribution < -0.4 is 5.32 Å². The van der Waals surface area contributed by atoms with Crippen LogP contribution in [0.25, 0.3) is 0 Å². The largest absolute Gasteiger partial charge is 0.372 e. The van der Waals surface area contributed by atoms with Crippen molar-refractivity contribution in [1.29, 1.82) is 0 Å². The summed E-state index contributed by atoms with van der Waals surface area (Å²) < 4.78 is 5.96. The van der Waals surface area contributed by atoms with Gasteiger partial charge in [-0.25, -0.2) is 0 Å². The second kappa shape index (κ2) is 4.98. The van der Waals surface area contributed by atoms with E-state index in [9.17, 15) is 0 Å². The fourth-order valence-electron chi connectivity index (χ4n) is 2.56. The fraction of sp³-hybridized carbons (Fsp3) is 0.571. The highest BCUT2D eigenvalue weighted by Crippen LogP contribution is 2.31. The van der Waals surface area contributed by atoms with E-state index in [-0.39, 0.29) is 6.10 Å². The molecule has 88 valence electrons. The van der Waals surface area contributed by atoms with Crippen molar-refractivity contribution in [3.8, 4) is 0 Å². The summed E-state index contributed by atoms with van der Waals surface area (Å²) in [6.45, 7) is 5.32. The molecule has 0 fully saturated rings. The van der Waals surface area contributed by atoms with Gasteiger partial charge in [0.25, 0.3) is 0 Å². The lowest BCUT2D eigenvalue weighted by Gasteiger charge is -2.34. The minimum Gasteiger partial charge on any atom is -0.372 e. The number of ether oxygens (including phenoxy) is 1. The predicted octanol–water partition coefficient (Wildman–Crippen LogP) is 2.54. The highest BCUT2D eigenvalue weighted by molar-refractivity contribution is 5.32. The summed E-state index contributed by atoms with van der Waals surface area (Å²) in [6.07, 6.45) is 1.25. The Kier molecular flexibility index (Phi) is 3.62. The molecule has 1 aromatic rings. The number of likely N-dealkylation sites (N-methyl/N-ethyl adjacent to an activating group) is 1. The Hall–Kier alpha value is -0.860. The Morgan fingerprint density at radius 3 is 2.75 bits per heavy atom. The number of nitrogens with one attached hydrogen (secondary N) is 1. The molecule has 2 unspecified atom stereocenters. The number of fused-ring (bicyclic) bond motifs is 1. The highest BCUT2D eigenvalue weighted by atomic mass is 16.5. The second-order valence-electron chi connectivity index (χ2n) is 4.80. The molecule has 0 radical (unpaired) electrons. The lowest BCUT2D eigenvalue weighted by Crippen LogP contribution is -2.40. The maximum atomic E-state index is 5.96. The third-order valence-electron chi connectivity index (χ3n) is 3.41. The first kappa shape index (κ1) is 11.6. The Bertz CT molecular complexity index is 348. The van der Waals surface area contributed by atoms with Crippen molar-refractivity contribution in [2.45, 2.75) is 32.4 Å². The topological polar surface area (TPSA) is 21.3 Å². The van der Waals surface area contributed by atoms with Gasteiger partial charge in [-0.15, -0.1) is 0 Å². The van der Waals surface area contributed by atoms with Gasteiger partial charge in [0.1, 0.15) is 0 Å². The maximum absolute atomic E-state index is 5.96. The molecule has 1 N–H and O–H groups in total. The van der Waals surface area contributed by atoms with Gasteiger partial charge >= 0.3 is 0 Å². The van der Waals surface area contributed by atoms with Crippen LogP contribution in [0, 0.1) is 5.92 Å². The summed E-state index contributed by atoms with van der Waals surface area (Å²) in [4.78, 5) is 0. The van der Waals surface area contributed by atoms with E-state index in [4.69, 9.17) is 4.74 Å². The molecule has 1 aliphatic rings. The molecule has 1 heterocycles. The van der Waals surface area contributed by atoms with Crippen LogP contribution in [-0.4, -0.2) is 19.7 Å². The first-order chi connectivity index (χ1) is 7.74. The molecule has 0 saturated heterocycles. The molecule has 0 spiro atoms. The van der Waals surface area contributed by atoms with Crippen LogP contribution in [0.3, 0.4) is 0 Å². The van der Waals surface area contributed by atoms with Gasteiger partial charge < -0.3 is 10.1 Å². The molecule has 0 aliphatic carbocycles. The molecule has 1 aliphatic heterocycles. The van der Waals surface area contributed by atoms with Gasteiger partial charge in [-0.3, -0.25) is 0 Å². The van der Waals surface area contributed by atoms with Crippen LogP contribution in [-0.2, 0) is 11.2 Å². The second-order valence-corrected chi connectivity index (χ2v) is 4.80. The molecule has 2 heteroatoms. The SMILES string of the molecule is CNC(C(C)C)C1OCCc2ccccc21. The fourth-order valence-corrected chi connectivity index (χ4v) is 2.56. The van der Waals surface area contributed by atoms with Gasteiger partial charge in [0.2, 0.25) is 0 Å². The molecule has 2 rings (SSSR count). The van der Waals surface area contributed by atoms with E-state index in [0.29, 0.717) is 12.0 Å². The van der Waals surface area contributed by atoms with Crippen LogP contribution >= 0.6 is 0 Å². The summed E-state index contributed by atoms with van der Waals surface area (Å²) >= 11 is 0. The van der Waals surface area contributed by atoms with Crippen molar-refractivity contribution in [3.05, 3.63) is 35.4 Å². The molecule has 2 nitrogen and oxygen atoms in total. The van der Waals surface area contributed by atoms with Crippen molar-refractivity contribution in [1.82, 2.24) is 5.32 Å². The highest BCUT2D eigenvalue weighted by Gasteiger charge is 2.29. The average molecular weight is 219 g/mol. The zero-order valence-electron chi connectivity index (χ0n) is 10.4. The van der Waals surface area contributed by atoms with Gasteiger partial charge in [0.05, 0.1) is 12.7 Å². The van der Waals surface area contributed by atoms with E-state index in [1.54, 1.807) is 0 Å². The summed E-state index contributed by atoms with van der Waals surface area (Å²) in [5.41, 5.74) is 2.81. The van der Waals surface area contributed by atoms with E-state index >= 15 is 0 Å². The van der Waals surface area contributed by atoms with Crippen LogP contribution in [0.2, 0.25) is 0 Å². The Morgan fingerprint density at radius 1 is 1.31 bits per heavy atom. The van der Waals surface area contributed by atoms with Crippen molar-refractivity contribution in [2.24, 2.45) is 5.92 Å². The molecule has 0 aromatic heterocycles. The average Bonchev–Trinajstić information content (AvgIpc) is 2.30. The Labute approximate surface area is 98.0 Å². The predicted molar refractivity (Wildman–Crippen MR) is 66.5 cm³/mol. The Balaban J connectivity index is 2.30. The normalized spacial score (nSPS) is 21.9. The van der Waals surface area contributed by atoms with Crippen LogP contribution in [0.1, 0.15) is 31.1 Å². The summed E-state index contributed by atoms with van der Waals surface area (Å²) in [5.74, 6) is 0.571. The van der Waals surface area contributed by atoms with Crippen LogP contribution in [0.5, 0.6) is 0 Å². The minimum atomic E-state index is 0.204. The molecule has 16 heavy (non-hydrogen) atoms. The van der Waals surface area contributed by atoms with Gasteiger partial charge in [-0.1, -0.05) is 38.1 Å². The molecule has 2 atom stereocenters. The van der Waals surface area contributed by atoms with Gasteiger partial charge in [-0.05, 0) is 30.5 Å². The zero-order chi connectivity index (χ0) is 11.5. The maximum Gasteiger partial charge on any atom is 0.0982 e. The monoisotopic (exact) mass is 219 g/mol. The lowest BCUT2D eigenvalue weighted by atomic mass is 9.88. The van der Waals surface area contributed by atoms with Crippen molar-refractivity contribution in [3.63, 3.8) is 0 Å². The van der Waals surface area contributed by atoms with Crippen molar-refractivity contribution in [2.75, 3.05) is 13.7 Å².